The van der Waals surface area contributed by atoms with E-state index in [0.29, 0.717) is 5.88 Å². The van der Waals surface area contributed by atoms with E-state index in [1.807, 2.05) is 32.0 Å². The average molecular weight is 213 g/mol. The SMILES string of the molecule is CC(C)Oc1ccccc1CCCCl. The Balaban J connectivity index is 2.69. The van der Waals surface area contributed by atoms with Crippen LogP contribution in [0.15, 0.2) is 24.3 Å². The molecule has 0 aliphatic rings. The lowest BCUT2D eigenvalue weighted by molar-refractivity contribution is 0.240. The molecule has 0 atom stereocenters. The molecule has 1 rings (SSSR count). The Kier molecular flexibility index (Phi) is 4.81. The van der Waals surface area contributed by atoms with Crippen molar-refractivity contribution in [2.24, 2.45) is 0 Å². The molecule has 0 spiro atoms. The zero-order chi connectivity index (χ0) is 10.4. The first-order chi connectivity index (χ1) is 6.74. The normalized spacial score (nSPS) is 10.6. The molecule has 0 amide bonds. The van der Waals surface area contributed by atoms with Crippen molar-refractivity contribution in [2.75, 3.05) is 5.88 Å². The first-order valence-electron chi connectivity index (χ1n) is 5.04. The van der Waals surface area contributed by atoms with E-state index in [1.54, 1.807) is 0 Å². The molecule has 0 fully saturated rings. The summed E-state index contributed by atoms with van der Waals surface area (Å²) in [4.78, 5) is 0. The molecular weight excluding hydrogens is 196 g/mol. The van der Waals surface area contributed by atoms with Crippen molar-refractivity contribution in [1.82, 2.24) is 0 Å². The molecule has 0 aromatic heterocycles. The van der Waals surface area contributed by atoms with Crippen molar-refractivity contribution in [2.45, 2.75) is 32.8 Å². The van der Waals surface area contributed by atoms with Crippen LogP contribution in [0.4, 0.5) is 0 Å². The summed E-state index contributed by atoms with van der Waals surface area (Å²) in [5, 5.41) is 0. The molecule has 0 heterocycles. The van der Waals surface area contributed by atoms with Gasteiger partial charge in [0.1, 0.15) is 5.75 Å². The van der Waals surface area contributed by atoms with Gasteiger partial charge in [-0.25, -0.2) is 0 Å². The molecule has 0 saturated carbocycles. The van der Waals surface area contributed by atoms with Gasteiger partial charge in [-0.15, -0.1) is 11.6 Å². The third-order valence-electron chi connectivity index (χ3n) is 1.92. The number of para-hydroxylation sites is 1. The maximum atomic E-state index is 5.70. The minimum Gasteiger partial charge on any atom is -0.491 e. The monoisotopic (exact) mass is 212 g/mol. The van der Waals surface area contributed by atoms with Gasteiger partial charge in [-0.1, -0.05) is 18.2 Å². The maximum Gasteiger partial charge on any atom is 0.122 e. The summed E-state index contributed by atoms with van der Waals surface area (Å²) >= 11 is 5.67. The zero-order valence-corrected chi connectivity index (χ0v) is 9.55. The van der Waals surface area contributed by atoms with Crippen molar-refractivity contribution in [3.63, 3.8) is 0 Å². The van der Waals surface area contributed by atoms with E-state index in [0.717, 1.165) is 18.6 Å². The van der Waals surface area contributed by atoms with Gasteiger partial charge in [0.2, 0.25) is 0 Å². The summed E-state index contributed by atoms with van der Waals surface area (Å²) in [7, 11) is 0. The molecule has 0 bridgehead atoms. The van der Waals surface area contributed by atoms with Gasteiger partial charge in [0.15, 0.2) is 0 Å². The first kappa shape index (κ1) is 11.4. The predicted molar refractivity (Wildman–Crippen MR) is 61.2 cm³/mol. The number of halogens is 1. The summed E-state index contributed by atoms with van der Waals surface area (Å²) in [6, 6.07) is 8.16. The predicted octanol–water partition coefficient (Wildman–Crippen LogP) is 3.65. The second-order valence-corrected chi connectivity index (χ2v) is 3.94. The summed E-state index contributed by atoms with van der Waals surface area (Å²) in [6.45, 7) is 4.08. The lowest BCUT2D eigenvalue weighted by Gasteiger charge is -2.13. The van der Waals surface area contributed by atoms with E-state index in [9.17, 15) is 0 Å². The molecule has 14 heavy (non-hydrogen) atoms. The Morgan fingerprint density at radius 2 is 2.00 bits per heavy atom. The van der Waals surface area contributed by atoms with Crippen LogP contribution < -0.4 is 4.74 Å². The van der Waals surface area contributed by atoms with E-state index < -0.39 is 0 Å². The van der Waals surface area contributed by atoms with Crippen LogP contribution in [0, 0.1) is 0 Å². The third kappa shape index (κ3) is 3.59. The zero-order valence-electron chi connectivity index (χ0n) is 8.79. The number of alkyl halides is 1. The second kappa shape index (κ2) is 5.92. The van der Waals surface area contributed by atoms with Gasteiger partial charge in [-0.2, -0.15) is 0 Å². The maximum absolute atomic E-state index is 5.70. The van der Waals surface area contributed by atoms with Gasteiger partial charge in [0.25, 0.3) is 0 Å². The highest BCUT2D eigenvalue weighted by molar-refractivity contribution is 6.17. The van der Waals surface area contributed by atoms with Crippen LogP contribution >= 0.6 is 11.6 Å². The fourth-order valence-electron chi connectivity index (χ4n) is 1.34. The van der Waals surface area contributed by atoms with Crippen LogP contribution in [-0.2, 0) is 6.42 Å². The fraction of sp³-hybridized carbons (Fsp3) is 0.500. The van der Waals surface area contributed by atoms with Gasteiger partial charge in [-0.3, -0.25) is 0 Å². The number of hydrogen-bond donors (Lipinski definition) is 0. The summed E-state index contributed by atoms with van der Waals surface area (Å²) < 4.78 is 5.70. The van der Waals surface area contributed by atoms with Gasteiger partial charge >= 0.3 is 0 Å². The van der Waals surface area contributed by atoms with E-state index in [1.165, 1.54) is 5.56 Å². The second-order valence-electron chi connectivity index (χ2n) is 3.57. The average Bonchev–Trinajstić information content (AvgIpc) is 2.16. The van der Waals surface area contributed by atoms with Crippen molar-refractivity contribution < 1.29 is 4.74 Å². The van der Waals surface area contributed by atoms with E-state index in [-0.39, 0.29) is 6.10 Å². The number of hydrogen-bond acceptors (Lipinski definition) is 1. The molecule has 1 nitrogen and oxygen atoms in total. The number of aryl methyl sites for hydroxylation is 1. The largest absolute Gasteiger partial charge is 0.491 e. The Morgan fingerprint density at radius 3 is 2.64 bits per heavy atom. The summed E-state index contributed by atoms with van der Waals surface area (Å²) in [5.74, 6) is 1.70. The smallest absolute Gasteiger partial charge is 0.122 e. The van der Waals surface area contributed by atoms with Gasteiger partial charge < -0.3 is 4.74 Å². The minimum absolute atomic E-state index is 0.229. The van der Waals surface area contributed by atoms with Crippen LogP contribution in [0.25, 0.3) is 0 Å². The van der Waals surface area contributed by atoms with Gasteiger partial charge in [0.05, 0.1) is 6.10 Å². The molecule has 0 aliphatic heterocycles. The Hall–Kier alpha value is -0.690. The quantitative estimate of drug-likeness (QED) is 0.678. The van der Waals surface area contributed by atoms with Crippen molar-refractivity contribution in [3.05, 3.63) is 29.8 Å². The van der Waals surface area contributed by atoms with Gasteiger partial charge in [0, 0.05) is 5.88 Å². The van der Waals surface area contributed by atoms with Gasteiger partial charge in [-0.05, 0) is 38.3 Å². The molecular formula is C12H17ClO. The van der Waals surface area contributed by atoms with Crippen LogP contribution in [0.5, 0.6) is 5.75 Å². The Morgan fingerprint density at radius 1 is 1.29 bits per heavy atom. The van der Waals surface area contributed by atoms with Crippen LogP contribution in [0.2, 0.25) is 0 Å². The van der Waals surface area contributed by atoms with E-state index >= 15 is 0 Å². The van der Waals surface area contributed by atoms with Crippen LogP contribution in [0.3, 0.4) is 0 Å². The number of rotatable bonds is 5. The number of benzene rings is 1. The van der Waals surface area contributed by atoms with E-state index in [4.69, 9.17) is 16.3 Å². The van der Waals surface area contributed by atoms with Crippen molar-refractivity contribution >= 4 is 11.6 Å². The molecule has 0 unspecified atom stereocenters. The Labute approximate surface area is 91.0 Å². The molecule has 1 aromatic rings. The van der Waals surface area contributed by atoms with Crippen LogP contribution in [-0.4, -0.2) is 12.0 Å². The lowest BCUT2D eigenvalue weighted by atomic mass is 10.1. The molecule has 0 aliphatic carbocycles. The molecule has 0 radical (unpaired) electrons. The van der Waals surface area contributed by atoms with Crippen molar-refractivity contribution in [3.8, 4) is 5.75 Å². The molecule has 0 saturated heterocycles. The summed E-state index contributed by atoms with van der Waals surface area (Å²) in [5.41, 5.74) is 1.25. The fourth-order valence-corrected chi connectivity index (χ4v) is 1.47. The molecule has 0 N–H and O–H groups in total. The highest BCUT2D eigenvalue weighted by Gasteiger charge is 2.03. The number of ether oxygens (including phenoxy) is 1. The highest BCUT2D eigenvalue weighted by atomic mass is 35.5. The lowest BCUT2D eigenvalue weighted by Crippen LogP contribution is -2.07. The summed E-state index contributed by atoms with van der Waals surface area (Å²) in [6.07, 6.45) is 2.22. The molecule has 2 heteroatoms. The molecule has 78 valence electrons. The minimum atomic E-state index is 0.229. The topological polar surface area (TPSA) is 9.23 Å². The van der Waals surface area contributed by atoms with Crippen LogP contribution in [0.1, 0.15) is 25.8 Å². The molecule has 1 aromatic carbocycles. The standard InChI is InChI=1S/C12H17ClO/c1-10(2)14-12-8-4-3-6-11(12)7-5-9-13/h3-4,6,8,10H,5,7,9H2,1-2H3. The Bertz CT molecular complexity index is 271. The first-order valence-corrected chi connectivity index (χ1v) is 5.58. The van der Waals surface area contributed by atoms with Crippen molar-refractivity contribution in [1.29, 1.82) is 0 Å². The van der Waals surface area contributed by atoms with E-state index in [2.05, 4.69) is 6.07 Å². The highest BCUT2D eigenvalue weighted by Crippen LogP contribution is 2.20. The third-order valence-corrected chi connectivity index (χ3v) is 2.18.